The van der Waals surface area contributed by atoms with E-state index in [0.29, 0.717) is 10.2 Å². The van der Waals surface area contributed by atoms with Gasteiger partial charge in [0.1, 0.15) is 17.3 Å². The molecule has 0 saturated carbocycles. The van der Waals surface area contributed by atoms with E-state index in [2.05, 4.69) is 15.9 Å². The maximum Gasteiger partial charge on any atom is 0.417 e. The van der Waals surface area contributed by atoms with Crippen LogP contribution < -0.4 is 10.5 Å². The monoisotopic (exact) mass is 358 g/mol. The molecule has 2 aromatic rings. The van der Waals surface area contributed by atoms with Gasteiger partial charge < -0.3 is 10.5 Å². The van der Waals surface area contributed by atoms with Crippen molar-refractivity contribution in [2.45, 2.75) is 6.18 Å². The largest absolute Gasteiger partial charge is 0.456 e. The Bertz CT molecular complexity index is 686. The van der Waals surface area contributed by atoms with Crippen LogP contribution in [0.1, 0.15) is 11.1 Å². The van der Waals surface area contributed by atoms with Crippen molar-refractivity contribution in [3.05, 3.63) is 58.1 Å². The number of nitrogens with one attached hydrogen (secondary N) is 1. The van der Waals surface area contributed by atoms with E-state index >= 15 is 0 Å². The van der Waals surface area contributed by atoms with Gasteiger partial charge in [-0.25, -0.2) is 0 Å². The Morgan fingerprint density at radius 3 is 2.38 bits per heavy atom. The molecule has 21 heavy (non-hydrogen) atoms. The van der Waals surface area contributed by atoms with Crippen molar-refractivity contribution in [3.8, 4) is 11.5 Å². The summed E-state index contributed by atoms with van der Waals surface area (Å²) >= 11 is 3.25. The summed E-state index contributed by atoms with van der Waals surface area (Å²) in [5.74, 6) is -0.241. The number of rotatable bonds is 3. The lowest BCUT2D eigenvalue weighted by molar-refractivity contribution is -0.137. The van der Waals surface area contributed by atoms with Crippen molar-refractivity contribution < 1.29 is 17.9 Å². The number of alkyl halides is 3. The van der Waals surface area contributed by atoms with Crippen LogP contribution >= 0.6 is 15.9 Å². The van der Waals surface area contributed by atoms with Gasteiger partial charge in [0.25, 0.3) is 0 Å². The van der Waals surface area contributed by atoms with Crippen LogP contribution in [0.25, 0.3) is 0 Å². The fourth-order valence-corrected chi connectivity index (χ4v) is 2.08. The summed E-state index contributed by atoms with van der Waals surface area (Å²) in [4.78, 5) is 0. The molecule has 0 atom stereocenters. The van der Waals surface area contributed by atoms with E-state index in [1.54, 1.807) is 24.3 Å². The Labute approximate surface area is 127 Å². The van der Waals surface area contributed by atoms with E-state index in [1.165, 1.54) is 6.07 Å². The first-order chi connectivity index (χ1) is 9.79. The summed E-state index contributed by atoms with van der Waals surface area (Å²) in [5.41, 5.74) is 3.80. The van der Waals surface area contributed by atoms with Crippen molar-refractivity contribution >= 4 is 21.8 Å². The second kappa shape index (κ2) is 5.77. The summed E-state index contributed by atoms with van der Waals surface area (Å²) < 4.78 is 45.0. The predicted molar refractivity (Wildman–Crippen MR) is 76.7 cm³/mol. The second-order valence-corrected chi connectivity index (χ2v) is 5.01. The Morgan fingerprint density at radius 1 is 1.14 bits per heavy atom. The molecule has 0 radical (unpaired) electrons. The number of amidine groups is 1. The van der Waals surface area contributed by atoms with Gasteiger partial charge in [0.15, 0.2) is 0 Å². The molecule has 110 valence electrons. The van der Waals surface area contributed by atoms with Crippen molar-refractivity contribution in [2.75, 3.05) is 0 Å². The summed E-state index contributed by atoms with van der Waals surface area (Å²) in [5, 5.41) is 7.21. The van der Waals surface area contributed by atoms with Gasteiger partial charge in [0.05, 0.1) is 10.0 Å². The molecule has 0 aliphatic heterocycles. The summed E-state index contributed by atoms with van der Waals surface area (Å²) in [7, 11) is 0. The topological polar surface area (TPSA) is 59.1 Å². The first kappa shape index (κ1) is 15.4. The van der Waals surface area contributed by atoms with Gasteiger partial charge in [-0.15, -0.1) is 0 Å². The van der Waals surface area contributed by atoms with Crippen LogP contribution in [-0.2, 0) is 6.18 Å². The van der Waals surface area contributed by atoms with Crippen LogP contribution in [0.4, 0.5) is 13.2 Å². The molecule has 0 spiro atoms. The number of hydrogen-bond acceptors (Lipinski definition) is 2. The van der Waals surface area contributed by atoms with E-state index < -0.39 is 17.6 Å². The number of halogens is 4. The standard InChI is InChI=1S/C14H10BrF3N2O/c15-11-3-1-2-4-12(11)21-8-5-6-9(13(19)20)10(7-8)14(16,17)18/h1-7H,(H3,19,20). The van der Waals surface area contributed by atoms with Crippen LogP contribution in [0.3, 0.4) is 0 Å². The lowest BCUT2D eigenvalue weighted by Crippen LogP contribution is -2.18. The van der Waals surface area contributed by atoms with E-state index in [4.69, 9.17) is 15.9 Å². The molecule has 0 amide bonds. The number of benzene rings is 2. The van der Waals surface area contributed by atoms with Crippen LogP contribution in [-0.4, -0.2) is 5.84 Å². The zero-order valence-corrected chi connectivity index (χ0v) is 12.1. The molecule has 0 fully saturated rings. The number of nitrogen functional groups attached to an aromatic ring is 1. The Balaban J connectivity index is 2.43. The quantitative estimate of drug-likeness (QED) is 0.624. The van der Waals surface area contributed by atoms with E-state index in [0.717, 1.165) is 12.1 Å². The Kier molecular flexibility index (Phi) is 4.22. The maximum absolute atomic E-state index is 13.0. The molecular formula is C14H10BrF3N2O. The third-order valence-electron chi connectivity index (χ3n) is 2.65. The van der Waals surface area contributed by atoms with Crippen LogP contribution in [0.15, 0.2) is 46.9 Å². The van der Waals surface area contributed by atoms with Gasteiger partial charge in [-0.05, 0) is 46.3 Å². The zero-order valence-electron chi connectivity index (χ0n) is 10.5. The van der Waals surface area contributed by atoms with Crippen LogP contribution in [0.5, 0.6) is 11.5 Å². The molecule has 0 aromatic heterocycles. The van der Waals surface area contributed by atoms with Gasteiger partial charge in [0.2, 0.25) is 0 Å². The van der Waals surface area contributed by atoms with Gasteiger partial charge in [-0.3, -0.25) is 5.41 Å². The minimum atomic E-state index is -4.62. The first-order valence-corrected chi connectivity index (χ1v) is 6.56. The molecule has 2 aromatic carbocycles. The molecular weight excluding hydrogens is 349 g/mol. The Morgan fingerprint density at radius 2 is 1.81 bits per heavy atom. The molecule has 3 N–H and O–H groups in total. The minimum absolute atomic E-state index is 0.0132. The normalized spacial score (nSPS) is 11.2. The number of para-hydroxylation sites is 1. The van der Waals surface area contributed by atoms with E-state index in [-0.39, 0.29) is 11.3 Å². The molecule has 0 unspecified atom stereocenters. The third-order valence-corrected chi connectivity index (χ3v) is 3.31. The first-order valence-electron chi connectivity index (χ1n) is 5.77. The van der Waals surface area contributed by atoms with Crippen molar-refractivity contribution in [2.24, 2.45) is 5.73 Å². The second-order valence-electron chi connectivity index (χ2n) is 4.15. The molecule has 0 bridgehead atoms. The highest BCUT2D eigenvalue weighted by molar-refractivity contribution is 9.10. The Hall–Kier alpha value is -2.02. The van der Waals surface area contributed by atoms with Gasteiger partial charge in [-0.1, -0.05) is 12.1 Å². The zero-order chi connectivity index (χ0) is 15.6. The highest BCUT2D eigenvalue weighted by Crippen LogP contribution is 2.36. The molecule has 7 heteroatoms. The molecule has 3 nitrogen and oxygen atoms in total. The van der Waals surface area contributed by atoms with Crippen molar-refractivity contribution in [3.63, 3.8) is 0 Å². The number of ether oxygens (including phenoxy) is 1. The lowest BCUT2D eigenvalue weighted by atomic mass is 10.1. The third kappa shape index (κ3) is 3.55. The average Bonchev–Trinajstić information content (AvgIpc) is 2.40. The van der Waals surface area contributed by atoms with Crippen LogP contribution in [0.2, 0.25) is 0 Å². The molecule has 0 saturated heterocycles. The van der Waals surface area contributed by atoms with Crippen molar-refractivity contribution in [1.82, 2.24) is 0 Å². The SMILES string of the molecule is N=C(N)c1ccc(Oc2ccccc2Br)cc1C(F)(F)F. The predicted octanol–water partition coefficient (Wildman–Crippen LogP) is 4.54. The summed E-state index contributed by atoms with van der Waals surface area (Å²) in [6, 6.07) is 10.1. The number of hydrogen-bond donors (Lipinski definition) is 2. The fraction of sp³-hybridized carbons (Fsp3) is 0.0714. The smallest absolute Gasteiger partial charge is 0.417 e. The maximum atomic E-state index is 13.0. The van der Waals surface area contributed by atoms with Gasteiger partial charge in [-0.2, -0.15) is 13.2 Å². The minimum Gasteiger partial charge on any atom is -0.456 e. The summed E-state index contributed by atoms with van der Waals surface area (Å²) in [6.45, 7) is 0. The molecule has 2 rings (SSSR count). The van der Waals surface area contributed by atoms with E-state index in [1.807, 2.05) is 0 Å². The fourth-order valence-electron chi connectivity index (χ4n) is 1.71. The van der Waals surface area contributed by atoms with E-state index in [9.17, 15) is 13.2 Å². The lowest BCUT2D eigenvalue weighted by Gasteiger charge is -2.14. The summed E-state index contributed by atoms with van der Waals surface area (Å²) in [6.07, 6.45) is -4.62. The molecule has 0 aliphatic rings. The highest BCUT2D eigenvalue weighted by atomic mass is 79.9. The average molecular weight is 359 g/mol. The van der Waals surface area contributed by atoms with Gasteiger partial charge >= 0.3 is 6.18 Å². The van der Waals surface area contributed by atoms with Crippen molar-refractivity contribution in [1.29, 1.82) is 5.41 Å². The van der Waals surface area contributed by atoms with Gasteiger partial charge in [0, 0.05) is 5.56 Å². The number of nitrogens with two attached hydrogens (primary N) is 1. The molecule has 0 aliphatic carbocycles. The highest BCUT2D eigenvalue weighted by Gasteiger charge is 2.34. The molecule has 0 heterocycles. The van der Waals surface area contributed by atoms with Crippen LogP contribution in [0, 0.1) is 5.41 Å².